The van der Waals surface area contributed by atoms with Crippen molar-refractivity contribution in [1.82, 2.24) is 10.3 Å². The molecule has 1 aromatic rings. The largest absolute Gasteiger partial charge is 0.308 e. The molecule has 0 aromatic carbocycles. The van der Waals surface area contributed by atoms with Crippen LogP contribution in [0.3, 0.4) is 0 Å². The molecule has 0 bridgehead atoms. The van der Waals surface area contributed by atoms with Gasteiger partial charge in [-0.2, -0.15) is 0 Å². The van der Waals surface area contributed by atoms with Crippen LogP contribution in [0.4, 0.5) is 4.39 Å². The van der Waals surface area contributed by atoms with Gasteiger partial charge < -0.3 is 5.32 Å². The van der Waals surface area contributed by atoms with Crippen molar-refractivity contribution in [3.8, 4) is 0 Å². The fraction of sp³-hybridized carbons (Fsp3) is 0.667. The average Bonchev–Trinajstić information content (AvgIpc) is 3.25. The first-order valence-corrected chi connectivity index (χ1v) is 7.08. The summed E-state index contributed by atoms with van der Waals surface area (Å²) in [6.45, 7) is 3.26. The second-order valence-corrected chi connectivity index (χ2v) is 5.88. The van der Waals surface area contributed by atoms with Crippen LogP contribution in [0.5, 0.6) is 0 Å². The Kier molecular flexibility index (Phi) is 3.10. The summed E-state index contributed by atoms with van der Waals surface area (Å²) < 4.78 is 12.9. The van der Waals surface area contributed by atoms with Gasteiger partial charge in [0.1, 0.15) is 5.82 Å². The molecule has 2 aliphatic carbocycles. The molecule has 0 saturated heterocycles. The SMILES string of the molecule is CCC(NCC1(C2CC2)CC1)c1ccc(F)cn1. The summed E-state index contributed by atoms with van der Waals surface area (Å²) in [6, 6.07) is 3.56. The van der Waals surface area contributed by atoms with E-state index in [0.29, 0.717) is 5.41 Å². The van der Waals surface area contributed by atoms with E-state index in [1.54, 1.807) is 6.07 Å². The normalized spacial score (nSPS) is 22.8. The monoisotopic (exact) mass is 248 g/mol. The summed E-state index contributed by atoms with van der Waals surface area (Å²) in [7, 11) is 0. The first-order valence-electron chi connectivity index (χ1n) is 7.08. The molecule has 0 amide bonds. The van der Waals surface area contributed by atoms with Gasteiger partial charge in [0.25, 0.3) is 0 Å². The summed E-state index contributed by atoms with van der Waals surface area (Å²) in [5, 5.41) is 3.64. The molecule has 1 atom stereocenters. The Morgan fingerprint density at radius 3 is 2.72 bits per heavy atom. The number of aromatic nitrogens is 1. The van der Waals surface area contributed by atoms with E-state index in [1.165, 1.54) is 37.9 Å². The van der Waals surface area contributed by atoms with Crippen molar-refractivity contribution < 1.29 is 4.39 Å². The van der Waals surface area contributed by atoms with Crippen molar-refractivity contribution in [3.05, 3.63) is 29.8 Å². The quantitative estimate of drug-likeness (QED) is 0.834. The molecule has 2 nitrogen and oxygen atoms in total. The molecule has 2 aliphatic rings. The van der Waals surface area contributed by atoms with Gasteiger partial charge in [0, 0.05) is 12.6 Å². The van der Waals surface area contributed by atoms with Gasteiger partial charge in [-0.3, -0.25) is 4.98 Å². The lowest BCUT2D eigenvalue weighted by Gasteiger charge is -2.21. The van der Waals surface area contributed by atoms with Crippen LogP contribution in [0.25, 0.3) is 0 Å². The lowest BCUT2D eigenvalue weighted by molar-refractivity contribution is 0.367. The number of nitrogens with one attached hydrogen (secondary N) is 1. The number of pyridine rings is 1. The molecular formula is C15H21FN2. The maximum Gasteiger partial charge on any atom is 0.141 e. The van der Waals surface area contributed by atoms with Gasteiger partial charge in [-0.25, -0.2) is 4.39 Å². The van der Waals surface area contributed by atoms with Gasteiger partial charge in [-0.1, -0.05) is 6.92 Å². The van der Waals surface area contributed by atoms with Crippen LogP contribution in [0.1, 0.15) is 50.8 Å². The molecule has 18 heavy (non-hydrogen) atoms. The Labute approximate surface area is 108 Å². The first kappa shape index (κ1) is 12.1. The minimum Gasteiger partial charge on any atom is -0.308 e. The Balaban J connectivity index is 1.60. The van der Waals surface area contributed by atoms with E-state index in [2.05, 4.69) is 17.2 Å². The molecule has 1 aromatic heterocycles. The predicted molar refractivity (Wildman–Crippen MR) is 69.6 cm³/mol. The van der Waals surface area contributed by atoms with Crippen molar-refractivity contribution in [2.45, 2.75) is 45.1 Å². The van der Waals surface area contributed by atoms with Gasteiger partial charge in [0.15, 0.2) is 0 Å². The predicted octanol–water partition coefficient (Wildman–Crippen LogP) is 3.45. The minimum absolute atomic E-state index is 0.259. The third-order valence-electron chi connectivity index (χ3n) is 4.55. The van der Waals surface area contributed by atoms with E-state index in [1.807, 2.05) is 0 Å². The Morgan fingerprint density at radius 1 is 1.44 bits per heavy atom. The lowest BCUT2D eigenvalue weighted by Crippen LogP contribution is -2.29. The molecule has 2 saturated carbocycles. The van der Waals surface area contributed by atoms with E-state index < -0.39 is 0 Å². The summed E-state index contributed by atoms with van der Waals surface area (Å²) >= 11 is 0. The highest BCUT2D eigenvalue weighted by Crippen LogP contribution is 2.60. The smallest absolute Gasteiger partial charge is 0.141 e. The van der Waals surface area contributed by atoms with Crippen molar-refractivity contribution >= 4 is 0 Å². The molecule has 0 aliphatic heterocycles. The van der Waals surface area contributed by atoms with Crippen LogP contribution in [0.2, 0.25) is 0 Å². The van der Waals surface area contributed by atoms with Crippen LogP contribution in [0.15, 0.2) is 18.3 Å². The third kappa shape index (κ3) is 2.41. The van der Waals surface area contributed by atoms with Crippen LogP contribution in [0, 0.1) is 17.2 Å². The molecule has 1 heterocycles. The van der Waals surface area contributed by atoms with E-state index in [9.17, 15) is 4.39 Å². The average molecular weight is 248 g/mol. The van der Waals surface area contributed by atoms with Gasteiger partial charge in [0.05, 0.1) is 11.9 Å². The van der Waals surface area contributed by atoms with Gasteiger partial charge in [0.2, 0.25) is 0 Å². The summed E-state index contributed by atoms with van der Waals surface area (Å²) in [5.74, 6) is 0.717. The number of hydrogen-bond donors (Lipinski definition) is 1. The fourth-order valence-corrected chi connectivity index (χ4v) is 2.96. The van der Waals surface area contributed by atoms with Gasteiger partial charge in [-0.15, -0.1) is 0 Å². The Hall–Kier alpha value is -0.960. The molecule has 0 spiro atoms. The molecular weight excluding hydrogens is 227 g/mol. The number of halogens is 1. The minimum atomic E-state index is -0.259. The highest BCUT2D eigenvalue weighted by molar-refractivity contribution is 5.11. The maximum absolute atomic E-state index is 12.9. The lowest BCUT2D eigenvalue weighted by atomic mass is 9.99. The summed E-state index contributed by atoms with van der Waals surface area (Å²) in [6.07, 6.45) is 7.93. The first-order chi connectivity index (χ1) is 8.73. The number of rotatable bonds is 6. The zero-order valence-corrected chi connectivity index (χ0v) is 11.0. The molecule has 1 unspecified atom stereocenters. The molecule has 1 N–H and O–H groups in total. The van der Waals surface area contributed by atoms with Crippen molar-refractivity contribution in [2.24, 2.45) is 11.3 Å². The fourth-order valence-electron chi connectivity index (χ4n) is 2.96. The number of hydrogen-bond acceptors (Lipinski definition) is 2. The van der Waals surface area contributed by atoms with Crippen LogP contribution in [-0.2, 0) is 0 Å². The maximum atomic E-state index is 12.9. The Morgan fingerprint density at radius 2 is 2.22 bits per heavy atom. The van der Waals surface area contributed by atoms with Gasteiger partial charge in [-0.05, 0) is 55.6 Å². The highest BCUT2D eigenvalue weighted by atomic mass is 19.1. The second kappa shape index (κ2) is 4.61. The van der Waals surface area contributed by atoms with Gasteiger partial charge >= 0.3 is 0 Å². The topological polar surface area (TPSA) is 24.9 Å². The van der Waals surface area contributed by atoms with Crippen molar-refractivity contribution in [3.63, 3.8) is 0 Å². The number of nitrogens with zero attached hydrogens (tertiary/aromatic N) is 1. The van der Waals surface area contributed by atoms with Crippen LogP contribution >= 0.6 is 0 Å². The molecule has 2 fully saturated rings. The third-order valence-corrected chi connectivity index (χ3v) is 4.55. The highest BCUT2D eigenvalue weighted by Gasteiger charge is 2.53. The molecule has 3 rings (SSSR count). The van der Waals surface area contributed by atoms with Crippen LogP contribution in [-0.4, -0.2) is 11.5 Å². The van der Waals surface area contributed by atoms with E-state index >= 15 is 0 Å². The molecule has 3 heteroatoms. The second-order valence-electron chi connectivity index (χ2n) is 5.88. The zero-order valence-electron chi connectivity index (χ0n) is 11.0. The van der Waals surface area contributed by atoms with Crippen LogP contribution < -0.4 is 5.32 Å². The molecule has 0 radical (unpaired) electrons. The summed E-state index contributed by atoms with van der Waals surface area (Å²) in [4.78, 5) is 4.19. The van der Waals surface area contributed by atoms with Crippen molar-refractivity contribution in [1.29, 1.82) is 0 Å². The Bertz CT molecular complexity index is 407. The van der Waals surface area contributed by atoms with E-state index in [0.717, 1.165) is 24.6 Å². The molecule has 98 valence electrons. The standard InChI is InChI=1S/C15H21FN2/c1-2-13(14-6-5-12(16)9-17-14)18-10-15(7-8-15)11-3-4-11/h5-6,9,11,13,18H,2-4,7-8,10H2,1H3. The van der Waals surface area contributed by atoms with E-state index in [4.69, 9.17) is 0 Å². The van der Waals surface area contributed by atoms with Crippen molar-refractivity contribution in [2.75, 3.05) is 6.54 Å². The summed E-state index contributed by atoms with van der Waals surface area (Å²) in [5.41, 5.74) is 1.57. The zero-order chi connectivity index (χ0) is 12.6. The van der Waals surface area contributed by atoms with E-state index in [-0.39, 0.29) is 11.9 Å².